The Bertz CT molecular complexity index is 896. The number of hydrogen-bond donors (Lipinski definition) is 1. The van der Waals surface area contributed by atoms with Crippen LogP contribution in [-0.4, -0.2) is 31.2 Å². The van der Waals surface area contributed by atoms with Crippen LogP contribution in [0.3, 0.4) is 0 Å². The molecular formula is C20H18F3NO5. The first-order valence-corrected chi connectivity index (χ1v) is 8.78. The highest BCUT2D eigenvalue weighted by Crippen LogP contribution is 2.31. The number of carbonyl (C=O) groups is 2. The lowest BCUT2D eigenvalue weighted by Crippen LogP contribution is -2.30. The summed E-state index contributed by atoms with van der Waals surface area (Å²) in [7, 11) is 0. The summed E-state index contributed by atoms with van der Waals surface area (Å²) >= 11 is 0. The molecule has 2 aromatic rings. The van der Waals surface area contributed by atoms with E-state index in [1.807, 2.05) is 0 Å². The van der Waals surface area contributed by atoms with Crippen molar-refractivity contribution < 1.29 is 37.0 Å². The Hall–Kier alpha value is -3.23. The molecule has 1 aliphatic rings. The molecule has 1 atom stereocenters. The van der Waals surface area contributed by atoms with Gasteiger partial charge in [-0.05, 0) is 48.9 Å². The second-order valence-electron chi connectivity index (χ2n) is 6.35. The van der Waals surface area contributed by atoms with Crippen molar-refractivity contribution in [3.8, 4) is 11.5 Å². The van der Waals surface area contributed by atoms with Crippen molar-refractivity contribution in [2.75, 3.05) is 18.5 Å². The van der Waals surface area contributed by atoms with E-state index < -0.39 is 29.7 Å². The van der Waals surface area contributed by atoms with Gasteiger partial charge in [0.05, 0.1) is 12.0 Å². The zero-order valence-electron chi connectivity index (χ0n) is 15.4. The van der Waals surface area contributed by atoms with E-state index in [1.54, 1.807) is 18.2 Å². The Morgan fingerprint density at radius 3 is 2.38 bits per heavy atom. The summed E-state index contributed by atoms with van der Waals surface area (Å²) in [4.78, 5) is 24.2. The highest BCUT2D eigenvalue weighted by Gasteiger charge is 2.30. The molecule has 3 rings (SSSR count). The molecule has 1 heterocycles. The average Bonchev–Trinajstić information content (AvgIpc) is 2.67. The molecule has 0 saturated heterocycles. The molecule has 2 aromatic carbocycles. The quantitative estimate of drug-likeness (QED) is 0.764. The first kappa shape index (κ1) is 20.5. The fourth-order valence-electron chi connectivity index (χ4n) is 2.64. The van der Waals surface area contributed by atoms with E-state index in [4.69, 9.17) is 14.2 Å². The molecule has 154 valence electrons. The summed E-state index contributed by atoms with van der Waals surface area (Å²) in [6.45, 7) is 2.25. The van der Waals surface area contributed by atoms with Crippen LogP contribution in [-0.2, 0) is 26.9 Å². The molecule has 0 aromatic heterocycles. The molecule has 0 bridgehead atoms. The Balaban J connectivity index is 1.53. The van der Waals surface area contributed by atoms with Gasteiger partial charge in [0.2, 0.25) is 0 Å². The summed E-state index contributed by atoms with van der Waals surface area (Å²) in [5, 5.41) is 2.41. The van der Waals surface area contributed by atoms with Gasteiger partial charge in [0.15, 0.2) is 17.6 Å². The number of fused-ring (bicyclic) bond motifs is 1. The number of halogens is 3. The third-order valence-corrected chi connectivity index (χ3v) is 4.11. The normalized spacial score (nSPS) is 14.1. The van der Waals surface area contributed by atoms with E-state index in [0.29, 0.717) is 30.3 Å². The summed E-state index contributed by atoms with van der Waals surface area (Å²) in [5.41, 5.74) is -0.0262. The van der Waals surface area contributed by atoms with Crippen LogP contribution in [0.25, 0.3) is 0 Å². The van der Waals surface area contributed by atoms with Crippen LogP contribution >= 0.6 is 0 Å². The Kier molecular flexibility index (Phi) is 5.95. The third kappa shape index (κ3) is 5.40. The smallest absolute Gasteiger partial charge is 0.416 e. The van der Waals surface area contributed by atoms with Gasteiger partial charge in [-0.1, -0.05) is 6.07 Å². The van der Waals surface area contributed by atoms with Crippen LogP contribution in [0.15, 0.2) is 42.5 Å². The molecule has 9 heteroatoms. The van der Waals surface area contributed by atoms with E-state index in [1.165, 1.54) is 6.92 Å². The molecule has 0 saturated carbocycles. The monoisotopic (exact) mass is 409 g/mol. The molecule has 0 aliphatic carbocycles. The molecule has 1 aliphatic heterocycles. The lowest BCUT2D eigenvalue weighted by Gasteiger charge is -2.19. The fraction of sp³-hybridized carbons (Fsp3) is 0.300. The highest BCUT2D eigenvalue weighted by atomic mass is 19.4. The van der Waals surface area contributed by atoms with Crippen molar-refractivity contribution in [1.29, 1.82) is 0 Å². The lowest BCUT2D eigenvalue weighted by molar-refractivity contribution is -0.152. The van der Waals surface area contributed by atoms with Crippen LogP contribution in [0.4, 0.5) is 18.9 Å². The molecule has 29 heavy (non-hydrogen) atoms. The Labute approximate surface area is 164 Å². The number of nitrogens with one attached hydrogen (secondary N) is 1. The standard InChI is InChI=1S/C20H18F3NO5/c1-12(19(26)24-15-5-3-14(4-6-15)20(21,22)23)29-18(25)11-13-2-7-16-17(10-13)28-9-8-27-16/h2-7,10,12H,8-9,11H2,1H3,(H,24,26)/t12-/m1/s1. The minimum absolute atomic E-state index is 0.0749. The maximum Gasteiger partial charge on any atom is 0.416 e. The van der Waals surface area contributed by atoms with E-state index in [0.717, 1.165) is 24.3 Å². The van der Waals surface area contributed by atoms with Crippen LogP contribution < -0.4 is 14.8 Å². The van der Waals surface area contributed by atoms with E-state index in [2.05, 4.69) is 5.32 Å². The molecule has 0 radical (unpaired) electrons. The number of alkyl halides is 3. The van der Waals surface area contributed by atoms with Crippen LogP contribution in [0.2, 0.25) is 0 Å². The van der Waals surface area contributed by atoms with Gasteiger partial charge in [-0.2, -0.15) is 13.2 Å². The predicted molar refractivity (Wildman–Crippen MR) is 96.8 cm³/mol. The van der Waals surface area contributed by atoms with Gasteiger partial charge in [0.1, 0.15) is 13.2 Å². The molecule has 0 unspecified atom stereocenters. The topological polar surface area (TPSA) is 73.9 Å². The highest BCUT2D eigenvalue weighted by molar-refractivity contribution is 5.95. The van der Waals surface area contributed by atoms with Crippen molar-refractivity contribution in [1.82, 2.24) is 0 Å². The molecule has 0 spiro atoms. The summed E-state index contributed by atoms with van der Waals surface area (Å²) in [6.07, 6.45) is -5.66. The van der Waals surface area contributed by atoms with E-state index >= 15 is 0 Å². The predicted octanol–water partition coefficient (Wildman–Crippen LogP) is 3.59. The molecule has 1 amide bonds. The zero-order valence-corrected chi connectivity index (χ0v) is 15.4. The van der Waals surface area contributed by atoms with Gasteiger partial charge < -0.3 is 19.5 Å². The van der Waals surface area contributed by atoms with Crippen LogP contribution in [0, 0.1) is 0 Å². The van der Waals surface area contributed by atoms with E-state index in [-0.39, 0.29) is 12.1 Å². The zero-order chi connectivity index (χ0) is 21.0. The number of esters is 1. The van der Waals surface area contributed by atoms with Crippen LogP contribution in [0.1, 0.15) is 18.1 Å². The number of carbonyl (C=O) groups excluding carboxylic acids is 2. The van der Waals surface area contributed by atoms with Gasteiger partial charge in [-0.25, -0.2) is 0 Å². The second-order valence-corrected chi connectivity index (χ2v) is 6.35. The SMILES string of the molecule is C[C@@H](OC(=O)Cc1ccc2c(c1)OCCO2)C(=O)Nc1ccc(C(F)(F)F)cc1. The molecule has 0 fully saturated rings. The Morgan fingerprint density at radius 2 is 1.72 bits per heavy atom. The van der Waals surface area contributed by atoms with Gasteiger partial charge in [0.25, 0.3) is 5.91 Å². The summed E-state index contributed by atoms with van der Waals surface area (Å²) < 4.78 is 53.7. The first-order chi connectivity index (χ1) is 13.7. The number of ether oxygens (including phenoxy) is 3. The minimum atomic E-state index is -4.46. The second kappa shape index (κ2) is 8.42. The molecule has 1 N–H and O–H groups in total. The summed E-state index contributed by atoms with van der Waals surface area (Å²) in [5.74, 6) is -0.149. The van der Waals surface area contributed by atoms with Crippen molar-refractivity contribution >= 4 is 17.6 Å². The average molecular weight is 409 g/mol. The minimum Gasteiger partial charge on any atom is -0.486 e. The summed E-state index contributed by atoms with van der Waals surface area (Å²) in [6, 6.07) is 9.03. The van der Waals surface area contributed by atoms with Crippen LogP contribution in [0.5, 0.6) is 11.5 Å². The maximum atomic E-state index is 12.6. The van der Waals surface area contributed by atoms with Crippen molar-refractivity contribution in [3.05, 3.63) is 53.6 Å². The molecular weight excluding hydrogens is 391 g/mol. The number of anilines is 1. The van der Waals surface area contributed by atoms with Gasteiger partial charge >= 0.3 is 12.1 Å². The van der Waals surface area contributed by atoms with Crippen molar-refractivity contribution in [3.63, 3.8) is 0 Å². The maximum absolute atomic E-state index is 12.6. The number of amides is 1. The van der Waals surface area contributed by atoms with E-state index in [9.17, 15) is 22.8 Å². The lowest BCUT2D eigenvalue weighted by atomic mass is 10.1. The first-order valence-electron chi connectivity index (χ1n) is 8.78. The van der Waals surface area contributed by atoms with Gasteiger partial charge in [-0.3, -0.25) is 9.59 Å². The third-order valence-electron chi connectivity index (χ3n) is 4.11. The number of rotatable bonds is 5. The number of hydrogen-bond acceptors (Lipinski definition) is 5. The largest absolute Gasteiger partial charge is 0.486 e. The fourth-order valence-corrected chi connectivity index (χ4v) is 2.64. The Morgan fingerprint density at radius 1 is 1.07 bits per heavy atom. The molecule has 6 nitrogen and oxygen atoms in total. The van der Waals surface area contributed by atoms with Gasteiger partial charge in [-0.15, -0.1) is 0 Å². The van der Waals surface area contributed by atoms with Gasteiger partial charge in [0, 0.05) is 5.69 Å². The van der Waals surface area contributed by atoms with Crippen molar-refractivity contribution in [2.24, 2.45) is 0 Å². The van der Waals surface area contributed by atoms with Crippen molar-refractivity contribution in [2.45, 2.75) is 25.6 Å². The number of benzene rings is 2.